The average molecular weight is 373 g/mol. The van der Waals surface area contributed by atoms with Crippen molar-refractivity contribution in [2.24, 2.45) is 0 Å². The normalized spacial score (nSPS) is 16.1. The number of hydrogen-bond acceptors (Lipinski definition) is 5. The first kappa shape index (κ1) is 15.3. The Balaban J connectivity index is 1.81. The van der Waals surface area contributed by atoms with E-state index in [4.69, 9.17) is 23.8 Å². The molecule has 1 aliphatic rings. The van der Waals surface area contributed by atoms with E-state index in [2.05, 4.69) is 15.4 Å². The molecule has 0 radical (unpaired) electrons. The van der Waals surface area contributed by atoms with Crippen molar-refractivity contribution in [3.05, 3.63) is 58.2 Å². The number of hydrogen-bond donors (Lipinski definition) is 1. The minimum absolute atomic E-state index is 0.199. The molecule has 1 aromatic carbocycles. The molecule has 1 aliphatic heterocycles. The Kier molecular flexibility index (Phi) is 3.84. The Morgan fingerprint density at radius 1 is 1.33 bits per heavy atom. The maximum Gasteiger partial charge on any atom is 0.263 e. The fourth-order valence-corrected chi connectivity index (χ4v) is 3.58. The summed E-state index contributed by atoms with van der Waals surface area (Å²) in [6, 6.07) is 9.36. The molecule has 24 heavy (non-hydrogen) atoms. The molecule has 2 aromatic heterocycles. The lowest BCUT2D eigenvalue weighted by molar-refractivity contribution is -0.115. The molecule has 0 atom stereocenters. The van der Waals surface area contributed by atoms with E-state index in [0.29, 0.717) is 19.9 Å². The van der Waals surface area contributed by atoms with Crippen molar-refractivity contribution in [1.29, 1.82) is 0 Å². The molecule has 8 heteroatoms. The van der Waals surface area contributed by atoms with E-state index >= 15 is 0 Å². The minimum Gasteiger partial charge on any atom is -0.307 e. The van der Waals surface area contributed by atoms with Crippen molar-refractivity contribution >= 4 is 57.5 Å². The third kappa shape index (κ3) is 2.82. The van der Waals surface area contributed by atoms with Crippen LogP contribution in [0.25, 0.3) is 23.0 Å². The Morgan fingerprint density at radius 3 is 2.96 bits per heavy atom. The molecule has 118 valence electrons. The van der Waals surface area contributed by atoms with E-state index in [0.717, 1.165) is 16.8 Å². The van der Waals surface area contributed by atoms with Crippen molar-refractivity contribution in [2.45, 2.75) is 0 Å². The van der Waals surface area contributed by atoms with Crippen LogP contribution >= 0.6 is 35.6 Å². The van der Waals surface area contributed by atoms with Crippen LogP contribution in [0, 0.1) is 0 Å². The molecule has 0 unspecified atom stereocenters. The summed E-state index contributed by atoms with van der Waals surface area (Å²) in [6.45, 7) is 0. The molecule has 1 amide bonds. The van der Waals surface area contributed by atoms with Crippen LogP contribution in [0.2, 0.25) is 5.02 Å². The quantitative estimate of drug-likeness (QED) is 0.550. The number of nitrogens with zero attached hydrogens (tertiary/aromatic N) is 3. The summed E-state index contributed by atoms with van der Waals surface area (Å²) in [6.07, 6.45) is 5.25. The number of rotatable bonds is 2. The molecule has 0 aliphatic carbocycles. The number of carbonyl (C=O) groups is 1. The van der Waals surface area contributed by atoms with Crippen LogP contribution < -0.4 is 5.32 Å². The molecule has 5 nitrogen and oxygen atoms in total. The molecule has 0 saturated carbocycles. The van der Waals surface area contributed by atoms with E-state index in [1.807, 2.05) is 36.5 Å². The number of thioether (sulfide) groups is 1. The van der Waals surface area contributed by atoms with Gasteiger partial charge in [-0.25, -0.2) is 9.50 Å². The number of carbonyl (C=O) groups excluding carboxylic acids is 1. The van der Waals surface area contributed by atoms with E-state index < -0.39 is 0 Å². The molecular formula is C16H9ClN4OS2. The SMILES string of the molecule is O=C1NC(=S)S/C1=C/c1cnn2ccc(-c3cccc(Cl)c3)nc12. The van der Waals surface area contributed by atoms with Gasteiger partial charge in [0.1, 0.15) is 4.32 Å². The van der Waals surface area contributed by atoms with E-state index in [9.17, 15) is 4.79 Å². The summed E-state index contributed by atoms with van der Waals surface area (Å²) in [5.74, 6) is -0.199. The van der Waals surface area contributed by atoms with Crippen molar-refractivity contribution in [2.75, 3.05) is 0 Å². The molecule has 3 heterocycles. The highest BCUT2D eigenvalue weighted by Gasteiger charge is 2.22. The lowest BCUT2D eigenvalue weighted by Gasteiger charge is -2.03. The molecule has 1 N–H and O–H groups in total. The topological polar surface area (TPSA) is 59.3 Å². The number of nitrogens with one attached hydrogen (secondary N) is 1. The average Bonchev–Trinajstić information content (AvgIpc) is 3.10. The predicted molar refractivity (Wildman–Crippen MR) is 99.7 cm³/mol. The van der Waals surface area contributed by atoms with Gasteiger partial charge < -0.3 is 5.32 Å². The van der Waals surface area contributed by atoms with Crippen LogP contribution in [0.15, 0.2) is 47.6 Å². The largest absolute Gasteiger partial charge is 0.307 e. The Morgan fingerprint density at radius 2 is 2.21 bits per heavy atom. The van der Waals surface area contributed by atoms with Gasteiger partial charge in [0.25, 0.3) is 5.91 Å². The van der Waals surface area contributed by atoms with Crippen molar-refractivity contribution in [1.82, 2.24) is 19.9 Å². The molecule has 4 rings (SSSR count). The molecule has 1 fully saturated rings. The van der Waals surface area contributed by atoms with Crippen LogP contribution in [0.5, 0.6) is 0 Å². The first-order chi connectivity index (χ1) is 11.6. The minimum atomic E-state index is -0.199. The van der Waals surface area contributed by atoms with Crippen LogP contribution in [0.3, 0.4) is 0 Å². The molecule has 3 aromatic rings. The standard InChI is InChI=1S/C16H9ClN4OS2/c17-11-3-1-2-9(6-11)12-4-5-21-14(19-12)10(8-18-21)7-13-15(22)20-16(23)24-13/h1-8H,(H,20,22,23)/b13-7+. The van der Waals surface area contributed by atoms with E-state index in [1.54, 1.807) is 16.8 Å². The number of thiocarbonyl (C=S) groups is 1. The third-order valence-electron chi connectivity index (χ3n) is 3.45. The van der Waals surface area contributed by atoms with Gasteiger partial charge in [-0.15, -0.1) is 0 Å². The van der Waals surface area contributed by atoms with Crippen LogP contribution in [0.1, 0.15) is 5.56 Å². The van der Waals surface area contributed by atoms with Crippen molar-refractivity contribution < 1.29 is 4.79 Å². The highest BCUT2D eigenvalue weighted by atomic mass is 35.5. The van der Waals surface area contributed by atoms with Gasteiger partial charge in [-0.3, -0.25) is 4.79 Å². The summed E-state index contributed by atoms with van der Waals surface area (Å²) in [5.41, 5.74) is 3.11. The van der Waals surface area contributed by atoms with Gasteiger partial charge in [-0.2, -0.15) is 5.10 Å². The van der Waals surface area contributed by atoms with Crippen molar-refractivity contribution in [3.8, 4) is 11.3 Å². The van der Waals surface area contributed by atoms with E-state index in [-0.39, 0.29) is 5.91 Å². The van der Waals surface area contributed by atoms with Gasteiger partial charge in [0.15, 0.2) is 5.65 Å². The van der Waals surface area contributed by atoms with Gasteiger partial charge in [0.05, 0.1) is 16.8 Å². The van der Waals surface area contributed by atoms with Crippen LogP contribution in [0.4, 0.5) is 0 Å². The summed E-state index contributed by atoms with van der Waals surface area (Å²) in [5, 5.41) is 7.51. The lowest BCUT2D eigenvalue weighted by Crippen LogP contribution is -2.17. The van der Waals surface area contributed by atoms with Gasteiger partial charge in [-0.1, -0.05) is 47.7 Å². The number of aromatic nitrogens is 3. The Bertz CT molecular complexity index is 1030. The smallest absolute Gasteiger partial charge is 0.263 e. The first-order valence-electron chi connectivity index (χ1n) is 6.95. The second-order valence-electron chi connectivity index (χ2n) is 5.04. The monoisotopic (exact) mass is 372 g/mol. The Labute approximate surface area is 151 Å². The van der Waals surface area contributed by atoms with Gasteiger partial charge in [-0.05, 0) is 24.3 Å². The third-order valence-corrected chi connectivity index (χ3v) is 4.84. The van der Waals surface area contributed by atoms with E-state index in [1.165, 1.54) is 11.8 Å². The number of benzene rings is 1. The summed E-state index contributed by atoms with van der Waals surface area (Å²) >= 11 is 12.3. The number of halogens is 1. The highest BCUT2D eigenvalue weighted by molar-refractivity contribution is 8.26. The first-order valence-corrected chi connectivity index (χ1v) is 8.55. The summed E-state index contributed by atoms with van der Waals surface area (Å²) in [4.78, 5) is 17.0. The number of fused-ring (bicyclic) bond motifs is 1. The highest BCUT2D eigenvalue weighted by Crippen LogP contribution is 2.27. The second-order valence-corrected chi connectivity index (χ2v) is 7.20. The van der Waals surface area contributed by atoms with Gasteiger partial charge in [0, 0.05) is 22.3 Å². The fraction of sp³-hybridized carbons (Fsp3) is 0. The maximum atomic E-state index is 11.8. The predicted octanol–water partition coefficient (Wildman–Crippen LogP) is 3.54. The maximum absolute atomic E-state index is 11.8. The zero-order chi connectivity index (χ0) is 16.7. The van der Waals surface area contributed by atoms with Crippen LogP contribution in [-0.4, -0.2) is 24.8 Å². The van der Waals surface area contributed by atoms with Crippen molar-refractivity contribution in [3.63, 3.8) is 0 Å². The zero-order valence-electron chi connectivity index (χ0n) is 12.1. The fourth-order valence-electron chi connectivity index (χ4n) is 2.36. The molecular weight excluding hydrogens is 364 g/mol. The molecule has 1 saturated heterocycles. The zero-order valence-corrected chi connectivity index (χ0v) is 14.5. The molecule has 0 spiro atoms. The lowest BCUT2D eigenvalue weighted by atomic mass is 10.1. The Hall–Kier alpha value is -2.22. The van der Waals surface area contributed by atoms with Crippen LogP contribution in [-0.2, 0) is 4.79 Å². The molecule has 0 bridgehead atoms. The number of amides is 1. The van der Waals surface area contributed by atoms with Gasteiger partial charge in [0.2, 0.25) is 0 Å². The van der Waals surface area contributed by atoms with Gasteiger partial charge >= 0.3 is 0 Å². The summed E-state index contributed by atoms with van der Waals surface area (Å²) in [7, 11) is 0. The summed E-state index contributed by atoms with van der Waals surface area (Å²) < 4.78 is 2.12. The second kappa shape index (κ2) is 6.01.